The monoisotopic (exact) mass is 482 g/mol. The van der Waals surface area contributed by atoms with Crippen molar-refractivity contribution in [3.05, 3.63) is 106 Å². The van der Waals surface area contributed by atoms with Crippen LogP contribution < -0.4 is 5.32 Å². The molecule has 0 heterocycles. The fourth-order valence-electron chi connectivity index (χ4n) is 3.66. The second-order valence-corrected chi connectivity index (χ2v) is 8.76. The van der Waals surface area contributed by atoms with Crippen LogP contribution in [-0.4, -0.2) is 29.3 Å². The van der Waals surface area contributed by atoms with Crippen molar-refractivity contribution in [1.29, 1.82) is 0 Å². The van der Waals surface area contributed by atoms with Crippen LogP contribution >= 0.6 is 23.2 Å². The summed E-state index contributed by atoms with van der Waals surface area (Å²) in [4.78, 5) is 28.5. The summed E-state index contributed by atoms with van der Waals surface area (Å²) >= 11 is 12.5. The number of amides is 2. The van der Waals surface area contributed by atoms with E-state index in [9.17, 15) is 9.59 Å². The molecule has 1 atom stereocenters. The molecular formula is C27H28Cl2N2O2. The third-order valence-electron chi connectivity index (χ3n) is 5.36. The van der Waals surface area contributed by atoms with Crippen LogP contribution in [0.2, 0.25) is 10.0 Å². The van der Waals surface area contributed by atoms with E-state index in [0.29, 0.717) is 23.0 Å². The van der Waals surface area contributed by atoms with Crippen LogP contribution in [0.1, 0.15) is 30.0 Å². The van der Waals surface area contributed by atoms with E-state index < -0.39 is 6.04 Å². The molecule has 3 rings (SSSR count). The molecule has 0 fully saturated rings. The summed E-state index contributed by atoms with van der Waals surface area (Å²) in [5.41, 5.74) is 2.57. The number of benzene rings is 3. The Morgan fingerprint density at radius 3 is 2.30 bits per heavy atom. The van der Waals surface area contributed by atoms with Crippen LogP contribution in [0.5, 0.6) is 0 Å². The highest BCUT2D eigenvalue weighted by Gasteiger charge is 2.30. The highest BCUT2D eigenvalue weighted by molar-refractivity contribution is 6.31. The molecule has 2 amide bonds. The molecule has 0 aromatic heterocycles. The lowest BCUT2D eigenvalue weighted by Crippen LogP contribution is -2.51. The Balaban J connectivity index is 1.96. The van der Waals surface area contributed by atoms with Gasteiger partial charge < -0.3 is 10.2 Å². The molecule has 0 saturated heterocycles. The SMILES string of the molecule is CCCNC(=O)[C@@H](Cc1ccccc1)N(Cc1cccc(Cl)c1)C(=O)Cc1ccccc1Cl. The maximum atomic E-state index is 13.6. The summed E-state index contributed by atoms with van der Waals surface area (Å²) in [5.74, 6) is -0.342. The molecule has 0 radical (unpaired) electrons. The first-order chi connectivity index (χ1) is 16.0. The summed E-state index contributed by atoms with van der Waals surface area (Å²) < 4.78 is 0. The molecule has 0 unspecified atom stereocenters. The molecule has 0 aliphatic heterocycles. The Labute approximate surface area is 205 Å². The van der Waals surface area contributed by atoms with E-state index in [4.69, 9.17) is 23.2 Å². The van der Waals surface area contributed by atoms with Crippen LogP contribution in [-0.2, 0) is 29.0 Å². The number of nitrogens with one attached hydrogen (secondary N) is 1. The minimum atomic E-state index is -0.673. The van der Waals surface area contributed by atoms with E-state index in [-0.39, 0.29) is 24.8 Å². The molecule has 33 heavy (non-hydrogen) atoms. The molecule has 4 nitrogen and oxygen atoms in total. The smallest absolute Gasteiger partial charge is 0.243 e. The van der Waals surface area contributed by atoms with E-state index in [0.717, 1.165) is 23.1 Å². The van der Waals surface area contributed by atoms with Crippen LogP contribution in [0.3, 0.4) is 0 Å². The predicted octanol–water partition coefficient (Wildman–Crippen LogP) is 5.70. The Bertz CT molecular complexity index is 1070. The Hall–Kier alpha value is -2.82. The van der Waals surface area contributed by atoms with Crippen molar-refractivity contribution in [2.75, 3.05) is 6.54 Å². The van der Waals surface area contributed by atoms with Gasteiger partial charge in [0.1, 0.15) is 6.04 Å². The van der Waals surface area contributed by atoms with Gasteiger partial charge in [-0.05, 0) is 41.3 Å². The Kier molecular flexibility index (Phi) is 9.35. The number of hydrogen-bond donors (Lipinski definition) is 1. The van der Waals surface area contributed by atoms with Crippen molar-refractivity contribution < 1.29 is 9.59 Å². The van der Waals surface area contributed by atoms with Crippen molar-refractivity contribution >= 4 is 35.0 Å². The average Bonchev–Trinajstić information content (AvgIpc) is 2.82. The standard InChI is InChI=1S/C27H28Cl2N2O2/c1-2-15-30-27(33)25(17-20-9-4-3-5-10-20)31(19-21-11-8-13-23(28)16-21)26(32)18-22-12-6-7-14-24(22)29/h3-14,16,25H,2,15,17-19H2,1H3,(H,30,33)/t25-/m1/s1. The molecule has 1 N–H and O–H groups in total. The van der Waals surface area contributed by atoms with Crippen molar-refractivity contribution in [3.63, 3.8) is 0 Å². The number of carbonyl (C=O) groups is 2. The van der Waals surface area contributed by atoms with Gasteiger partial charge in [-0.1, -0.05) is 90.8 Å². The van der Waals surface area contributed by atoms with Crippen LogP contribution in [0.25, 0.3) is 0 Å². The highest BCUT2D eigenvalue weighted by atomic mass is 35.5. The van der Waals surface area contributed by atoms with Crippen molar-refractivity contribution in [2.45, 2.75) is 38.8 Å². The van der Waals surface area contributed by atoms with Gasteiger partial charge in [0.05, 0.1) is 6.42 Å². The molecule has 6 heteroatoms. The third-order valence-corrected chi connectivity index (χ3v) is 5.97. The summed E-state index contributed by atoms with van der Waals surface area (Å²) in [6.45, 7) is 2.81. The minimum absolute atomic E-state index is 0.104. The lowest BCUT2D eigenvalue weighted by molar-refractivity contribution is -0.140. The van der Waals surface area contributed by atoms with Crippen molar-refractivity contribution in [1.82, 2.24) is 10.2 Å². The molecule has 0 spiro atoms. The number of carbonyl (C=O) groups excluding carboxylic acids is 2. The summed E-state index contributed by atoms with van der Waals surface area (Å²) in [6, 6.07) is 23.7. The first-order valence-electron chi connectivity index (χ1n) is 11.1. The second kappa shape index (κ2) is 12.4. The zero-order chi connectivity index (χ0) is 23.6. The lowest BCUT2D eigenvalue weighted by Gasteiger charge is -2.32. The fraction of sp³-hybridized carbons (Fsp3) is 0.259. The molecular weight excluding hydrogens is 455 g/mol. The van der Waals surface area contributed by atoms with E-state index in [1.807, 2.05) is 73.7 Å². The van der Waals surface area contributed by atoms with Crippen LogP contribution in [0.15, 0.2) is 78.9 Å². The van der Waals surface area contributed by atoms with E-state index in [1.165, 1.54) is 0 Å². The third kappa shape index (κ3) is 7.34. The van der Waals surface area contributed by atoms with Gasteiger partial charge in [-0.2, -0.15) is 0 Å². The van der Waals surface area contributed by atoms with Gasteiger partial charge in [-0.3, -0.25) is 9.59 Å². The molecule has 0 saturated carbocycles. The van der Waals surface area contributed by atoms with E-state index >= 15 is 0 Å². The number of hydrogen-bond acceptors (Lipinski definition) is 2. The molecule has 0 aliphatic carbocycles. The van der Waals surface area contributed by atoms with Gasteiger partial charge in [0.2, 0.25) is 11.8 Å². The Morgan fingerprint density at radius 2 is 1.61 bits per heavy atom. The minimum Gasteiger partial charge on any atom is -0.354 e. The molecule has 0 bridgehead atoms. The normalized spacial score (nSPS) is 11.6. The van der Waals surface area contributed by atoms with Crippen molar-refractivity contribution in [2.24, 2.45) is 0 Å². The van der Waals surface area contributed by atoms with Gasteiger partial charge in [0, 0.05) is 29.6 Å². The molecule has 3 aromatic rings. The average molecular weight is 483 g/mol. The maximum Gasteiger partial charge on any atom is 0.243 e. The number of rotatable bonds is 10. The molecule has 172 valence electrons. The molecule has 0 aliphatic rings. The number of halogens is 2. The largest absolute Gasteiger partial charge is 0.354 e. The predicted molar refractivity (Wildman–Crippen MR) is 134 cm³/mol. The Morgan fingerprint density at radius 1 is 0.909 bits per heavy atom. The van der Waals surface area contributed by atoms with E-state index in [2.05, 4.69) is 5.32 Å². The first-order valence-corrected chi connectivity index (χ1v) is 11.8. The van der Waals surface area contributed by atoms with Crippen LogP contribution in [0, 0.1) is 0 Å². The zero-order valence-electron chi connectivity index (χ0n) is 18.6. The van der Waals surface area contributed by atoms with Crippen molar-refractivity contribution in [3.8, 4) is 0 Å². The van der Waals surface area contributed by atoms with E-state index in [1.54, 1.807) is 17.0 Å². The van der Waals surface area contributed by atoms with Crippen LogP contribution in [0.4, 0.5) is 0 Å². The summed E-state index contributed by atoms with van der Waals surface area (Å²) in [6.07, 6.45) is 1.32. The topological polar surface area (TPSA) is 49.4 Å². The zero-order valence-corrected chi connectivity index (χ0v) is 20.1. The second-order valence-electron chi connectivity index (χ2n) is 7.92. The van der Waals surface area contributed by atoms with Gasteiger partial charge in [-0.25, -0.2) is 0 Å². The lowest BCUT2D eigenvalue weighted by atomic mass is 10.0. The summed E-state index contributed by atoms with van der Waals surface area (Å²) in [7, 11) is 0. The first kappa shape index (κ1) is 24.8. The van der Waals surface area contributed by atoms with Gasteiger partial charge >= 0.3 is 0 Å². The maximum absolute atomic E-state index is 13.6. The fourth-order valence-corrected chi connectivity index (χ4v) is 4.07. The molecule has 3 aromatic carbocycles. The van der Waals surface area contributed by atoms with Gasteiger partial charge in [-0.15, -0.1) is 0 Å². The summed E-state index contributed by atoms with van der Waals surface area (Å²) in [5, 5.41) is 4.09. The number of nitrogens with zero attached hydrogens (tertiary/aromatic N) is 1. The quantitative estimate of drug-likeness (QED) is 0.402. The van der Waals surface area contributed by atoms with Gasteiger partial charge in [0.15, 0.2) is 0 Å². The highest BCUT2D eigenvalue weighted by Crippen LogP contribution is 2.21. The van der Waals surface area contributed by atoms with Gasteiger partial charge in [0.25, 0.3) is 0 Å².